The van der Waals surface area contributed by atoms with Crippen LogP contribution in [0.3, 0.4) is 0 Å². The fourth-order valence-electron chi connectivity index (χ4n) is 3.53. The lowest BCUT2D eigenvalue weighted by atomic mass is 10.1. The maximum Gasteiger partial charge on any atom is 0.337 e. The predicted octanol–water partition coefficient (Wildman–Crippen LogP) is 3.25. The molecule has 3 aromatic carbocycles. The van der Waals surface area contributed by atoms with Crippen molar-refractivity contribution in [3.05, 3.63) is 77.6 Å². The van der Waals surface area contributed by atoms with Gasteiger partial charge >= 0.3 is 11.9 Å². The fourth-order valence-corrected chi connectivity index (χ4v) is 4.97. The fraction of sp³-hybridized carbons (Fsp3) is 0.192. The number of halogens is 1. The first-order valence-corrected chi connectivity index (χ1v) is 12.6. The number of carbonyl (C=O) groups excluding carboxylic acids is 3. The van der Waals surface area contributed by atoms with E-state index < -0.39 is 40.2 Å². The molecule has 39 heavy (non-hydrogen) atoms. The summed E-state index contributed by atoms with van der Waals surface area (Å²) < 4.78 is 61.5. The number of amides is 1. The number of sulfonamides is 1. The van der Waals surface area contributed by atoms with E-state index in [1.165, 1.54) is 62.8 Å². The summed E-state index contributed by atoms with van der Waals surface area (Å²) in [7, 11) is 0.620. The molecule has 0 spiro atoms. The Morgan fingerprint density at radius 1 is 0.795 bits per heavy atom. The van der Waals surface area contributed by atoms with Gasteiger partial charge in [-0.1, -0.05) is 0 Å². The Hall–Kier alpha value is -4.65. The molecule has 13 heteroatoms. The number of hydrogen-bond donors (Lipinski definition) is 1. The normalized spacial score (nSPS) is 10.8. The van der Waals surface area contributed by atoms with Gasteiger partial charge in [-0.15, -0.1) is 0 Å². The van der Waals surface area contributed by atoms with Gasteiger partial charge < -0.3 is 24.3 Å². The SMILES string of the molecule is COC(=O)c1cc(NC(=O)CN(c2ccc(F)cc2)S(=O)(=O)c2ccc(OC)c(OC)c2)cc(C(=O)OC)c1. The number of ether oxygens (including phenoxy) is 4. The zero-order chi connectivity index (χ0) is 28.7. The van der Waals surface area contributed by atoms with E-state index in [2.05, 4.69) is 14.8 Å². The molecule has 0 unspecified atom stereocenters. The average Bonchev–Trinajstić information content (AvgIpc) is 2.94. The molecular weight excluding hydrogens is 535 g/mol. The molecule has 0 saturated heterocycles. The zero-order valence-electron chi connectivity index (χ0n) is 21.4. The Kier molecular flexibility index (Phi) is 9.09. The Balaban J connectivity index is 2.01. The van der Waals surface area contributed by atoms with Crippen LogP contribution in [0.1, 0.15) is 20.7 Å². The highest BCUT2D eigenvalue weighted by Crippen LogP contribution is 2.32. The minimum atomic E-state index is -4.40. The first kappa shape index (κ1) is 28.9. The molecule has 1 N–H and O–H groups in total. The van der Waals surface area contributed by atoms with Crippen molar-refractivity contribution >= 4 is 39.2 Å². The van der Waals surface area contributed by atoms with Crippen LogP contribution in [0.25, 0.3) is 0 Å². The van der Waals surface area contributed by atoms with Crippen molar-refractivity contribution in [2.45, 2.75) is 4.90 Å². The summed E-state index contributed by atoms with van der Waals surface area (Å²) in [5.74, 6) is -2.57. The molecule has 0 atom stereocenters. The molecule has 0 heterocycles. The Bertz CT molecular complexity index is 1460. The molecule has 0 aliphatic heterocycles. The highest BCUT2D eigenvalue weighted by atomic mass is 32.2. The van der Waals surface area contributed by atoms with Crippen LogP contribution in [-0.2, 0) is 24.3 Å². The van der Waals surface area contributed by atoms with Crippen molar-refractivity contribution in [2.24, 2.45) is 0 Å². The van der Waals surface area contributed by atoms with Crippen molar-refractivity contribution in [2.75, 3.05) is 44.6 Å². The van der Waals surface area contributed by atoms with E-state index in [-0.39, 0.29) is 38.9 Å². The second-order valence-corrected chi connectivity index (χ2v) is 9.70. The molecule has 0 radical (unpaired) electrons. The molecule has 11 nitrogen and oxygen atoms in total. The van der Waals surface area contributed by atoms with Crippen LogP contribution in [0.5, 0.6) is 11.5 Å². The average molecular weight is 561 g/mol. The predicted molar refractivity (Wildman–Crippen MR) is 138 cm³/mol. The van der Waals surface area contributed by atoms with Crippen LogP contribution in [0.15, 0.2) is 65.6 Å². The zero-order valence-corrected chi connectivity index (χ0v) is 22.2. The van der Waals surface area contributed by atoms with Gasteiger partial charge in [0.1, 0.15) is 12.4 Å². The highest BCUT2D eigenvalue weighted by molar-refractivity contribution is 7.92. The van der Waals surface area contributed by atoms with Gasteiger partial charge in [-0.2, -0.15) is 0 Å². The third kappa shape index (κ3) is 6.62. The summed E-state index contributed by atoms with van der Waals surface area (Å²) in [6.45, 7) is -0.752. The summed E-state index contributed by atoms with van der Waals surface area (Å²) in [5.41, 5.74) is -0.0983. The monoisotopic (exact) mass is 560 g/mol. The van der Waals surface area contributed by atoms with E-state index >= 15 is 0 Å². The van der Waals surface area contributed by atoms with Gasteiger partial charge in [-0.05, 0) is 54.6 Å². The number of anilines is 2. The van der Waals surface area contributed by atoms with Crippen molar-refractivity contribution in [1.29, 1.82) is 0 Å². The minimum Gasteiger partial charge on any atom is -0.493 e. The van der Waals surface area contributed by atoms with E-state index in [9.17, 15) is 27.2 Å². The van der Waals surface area contributed by atoms with Crippen LogP contribution < -0.4 is 19.1 Å². The molecule has 3 rings (SSSR count). The smallest absolute Gasteiger partial charge is 0.337 e. The molecule has 1 amide bonds. The van der Waals surface area contributed by atoms with Crippen LogP contribution in [-0.4, -0.2) is 61.2 Å². The molecular formula is C26H25FN2O9S. The van der Waals surface area contributed by atoms with Gasteiger partial charge in [0, 0.05) is 11.8 Å². The van der Waals surface area contributed by atoms with Crippen molar-refractivity contribution in [3.8, 4) is 11.5 Å². The number of nitrogens with one attached hydrogen (secondary N) is 1. The minimum absolute atomic E-state index is 0.0000962. The van der Waals surface area contributed by atoms with Crippen LogP contribution in [0.4, 0.5) is 15.8 Å². The lowest BCUT2D eigenvalue weighted by Gasteiger charge is -2.24. The number of esters is 2. The molecule has 3 aromatic rings. The number of rotatable bonds is 10. The Labute approximate surface area is 224 Å². The number of carbonyl (C=O) groups is 3. The molecule has 0 aromatic heterocycles. The summed E-state index contributed by atoms with van der Waals surface area (Å²) in [4.78, 5) is 37.0. The first-order valence-electron chi connectivity index (χ1n) is 11.2. The number of benzene rings is 3. The number of hydrogen-bond acceptors (Lipinski definition) is 9. The van der Waals surface area contributed by atoms with Gasteiger partial charge in [0.15, 0.2) is 11.5 Å². The van der Waals surface area contributed by atoms with E-state index in [0.29, 0.717) is 0 Å². The maximum absolute atomic E-state index is 13.7. The summed E-state index contributed by atoms with van der Waals surface area (Å²) in [6.07, 6.45) is 0. The lowest BCUT2D eigenvalue weighted by Crippen LogP contribution is -2.38. The summed E-state index contributed by atoms with van der Waals surface area (Å²) >= 11 is 0. The standard InChI is InChI=1S/C26H25FN2O9S/c1-35-22-10-9-21(14-23(22)36-2)39(33,34)29(20-7-5-18(27)6-8-20)15-24(30)28-19-12-16(25(31)37-3)11-17(13-19)26(32)38-4/h5-14H,15H2,1-4H3,(H,28,30). The van der Waals surface area contributed by atoms with Gasteiger partial charge in [-0.25, -0.2) is 22.4 Å². The van der Waals surface area contributed by atoms with Gasteiger partial charge in [-0.3, -0.25) is 9.10 Å². The third-order valence-electron chi connectivity index (χ3n) is 5.40. The largest absolute Gasteiger partial charge is 0.493 e. The van der Waals surface area contributed by atoms with Gasteiger partial charge in [0.2, 0.25) is 5.91 Å². The number of methoxy groups -OCH3 is 4. The van der Waals surface area contributed by atoms with E-state index in [0.717, 1.165) is 30.7 Å². The Morgan fingerprint density at radius 3 is 1.87 bits per heavy atom. The first-order chi connectivity index (χ1) is 18.5. The third-order valence-corrected chi connectivity index (χ3v) is 7.17. The van der Waals surface area contributed by atoms with Crippen molar-refractivity contribution < 1.29 is 46.1 Å². The molecule has 0 saturated carbocycles. The summed E-state index contributed by atoms with van der Waals surface area (Å²) in [6, 6.07) is 12.1. The maximum atomic E-state index is 13.7. The van der Waals surface area contributed by atoms with E-state index in [1.807, 2.05) is 0 Å². The molecule has 0 aliphatic carbocycles. The number of nitrogens with zero attached hydrogens (tertiary/aromatic N) is 1. The highest BCUT2D eigenvalue weighted by Gasteiger charge is 2.29. The molecule has 0 aliphatic rings. The van der Waals surface area contributed by atoms with E-state index in [4.69, 9.17) is 9.47 Å². The quantitative estimate of drug-likeness (QED) is 0.370. The van der Waals surface area contributed by atoms with E-state index in [1.54, 1.807) is 0 Å². The topological polar surface area (TPSA) is 138 Å². The van der Waals surface area contributed by atoms with Crippen LogP contribution in [0, 0.1) is 5.82 Å². The van der Waals surface area contributed by atoms with Gasteiger partial charge in [0.25, 0.3) is 10.0 Å². The summed E-state index contributed by atoms with van der Waals surface area (Å²) in [5, 5.41) is 2.48. The second kappa shape index (κ2) is 12.3. The second-order valence-electron chi connectivity index (χ2n) is 7.84. The van der Waals surface area contributed by atoms with Crippen LogP contribution >= 0.6 is 0 Å². The van der Waals surface area contributed by atoms with Crippen LogP contribution in [0.2, 0.25) is 0 Å². The lowest BCUT2D eigenvalue weighted by molar-refractivity contribution is -0.114. The molecule has 0 fully saturated rings. The van der Waals surface area contributed by atoms with Gasteiger partial charge in [0.05, 0.1) is 50.1 Å². The van der Waals surface area contributed by atoms with Crippen molar-refractivity contribution in [3.63, 3.8) is 0 Å². The molecule has 0 bridgehead atoms. The molecule has 206 valence electrons. The van der Waals surface area contributed by atoms with Crippen molar-refractivity contribution in [1.82, 2.24) is 0 Å². The Morgan fingerprint density at radius 2 is 1.36 bits per heavy atom.